The molecule has 0 spiro atoms. The van der Waals surface area contributed by atoms with Crippen LogP contribution in [0.5, 0.6) is 5.75 Å². The second-order valence-corrected chi connectivity index (χ2v) is 8.27. The lowest BCUT2D eigenvalue weighted by Crippen LogP contribution is -2.17. The number of halogens is 1. The number of amides is 1. The molecule has 3 aromatic rings. The van der Waals surface area contributed by atoms with Gasteiger partial charge in [0, 0.05) is 17.3 Å². The summed E-state index contributed by atoms with van der Waals surface area (Å²) in [6, 6.07) is 15.3. The van der Waals surface area contributed by atoms with Crippen molar-refractivity contribution in [2.24, 2.45) is 0 Å². The molecule has 4 rings (SSSR count). The van der Waals surface area contributed by atoms with E-state index in [1.807, 2.05) is 61.7 Å². The Morgan fingerprint density at radius 3 is 2.72 bits per heavy atom. The quantitative estimate of drug-likeness (QED) is 0.442. The standard InChI is InChI=1S/C21H16ClN3O2S2/c1-2-27-17-9-8-13(10-16(17)22)19-14(11-18-20(26)23-21(28)29-18)12-25(24-19)15-6-4-3-5-7-15/h3-12H,2H2,1H3,(H,23,26,28)/b18-11-. The second kappa shape index (κ2) is 8.41. The summed E-state index contributed by atoms with van der Waals surface area (Å²) in [7, 11) is 0. The summed E-state index contributed by atoms with van der Waals surface area (Å²) in [6.07, 6.45) is 3.68. The van der Waals surface area contributed by atoms with E-state index >= 15 is 0 Å². The Morgan fingerprint density at radius 1 is 1.28 bits per heavy atom. The Hall–Kier alpha value is -2.61. The third-order valence-corrected chi connectivity index (χ3v) is 5.66. The molecule has 29 heavy (non-hydrogen) atoms. The van der Waals surface area contributed by atoms with Crippen LogP contribution in [-0.4, -0.2) is 26.6 Å². The minimum atomic E-state index is -0.205. The van der Waals surface area contributed by atoms with Crippen molar-refractivity contribution in [2.45, 2.75) is 6.92 Å². The molecule has 1 aromatic heterocycles. The van der Waals surface area contributed by atoms with Crippen LogP contribution in [0.3, 0.4) is 0 Å². The minimum absolute atomic E-state index is 0.205. The maximum absolute atomic E-state index is 12.1. The first-order valence-electron chi connectivity index (χ1n) is 8.88. The molecule has 1 aliphatic heterocycles. The lowest BCUT2D eigenvalue weighted by molar-refractivity contribution is -0.115. The molecule has 0 bridgehead atoms. The van der Waals surface area contributed by atoms with Gasteiger partial charge in [0.15, 0.2) is 0 Å². The molecule has 1 fully saturated rings. The third kappa shape index (κ3) is 4.22. The van der Waals surface area contributed by atoms with Gasteiger partial charge in [-0.15, -0.1) is 0 Å². The van der Waals surface area contributed by atoms with Crippen LogP contribution in [0.25, 0.3) is 23.0 Å². The zero-order valence-corrected chi connectivity index (χ0v) is 17.8. The Labute approximate surface area is 182 Å². The number of benzene rings is 2. The van der Waals surface area contributed by atoms with Crippen molar-refractivity contribution in [3.63, 3.8) is 0 Å². The summed E-state index contributed by atoms with van der Waals surface area (Å²) < 4.78 is 7.75. The van der Waals surface area contributed by atoms with Gasteiger partial charge in [-0.3, -0.25) is 4.79 Å². The van der Waals surface area contributed by atoms with Crippen molar-refractivity contribution < 1.29 is 9.53 Å². The van der Waals surface area contributed by atoms with Crippen molar-refractivity contribution in [2.75, 3.05) is 6.61 Å². The van der Waals surface area contributed by atoms with Gasteiger partial charge in [0.1, 0.15) is 15.8 Å². The summed E-state index contributed by atoms with van der Waals surface area (Å²) in [5.41, 5.74) is 3.23. The van der Waals surface area contributed by atoms with Crippen LogP contribution in [-0.2, 0) is 4.79 Å². The van der Waals surface area contributed by atoms with Crippen LogP contribution >= 0.6 is 35.6 Å². The average molecular weight is 442 g/mol. The Kier molecular flexibility index (Phi) is 5.71. The highest BCUT2D eigenvalue weighted by atomic mass is 35.5. The number of carbonyl (C=O) groups is 1. The van der Waals surface area contributed by atoms with Crippen LogP contribution in [0.2, 0.25) is 5.02 Å². The number of nitrogens with one attached hydrogen (secondary N) is 1. The molecular weight excluding hydrogens is 426 g/mol. The molecule has 0 atom stereocenters. The summed E-state index contributed by atoms with van der Waals surface area (Å²) in [6.45, 7) is 2.44. The Bertz CT molecular complexity index is 1130. The van der Waals surface area contributed by atoms with E-state index in [1.165, 1.54) is 11.8 Å². The van der Waals surface area contributed by atoms with E-state index in [-0.39, 0.29) is 5.91 Å². The number of hydrogen-bond donors (Lipinski definition) is 1. The minimum Gasteiger partial charge on any atom is -0.492 e. The summed E-state index contributed by atoms with van der Waals surface area (Å²) >= 11 is 12.7. The average Bonchev–Trinajstić information content (AvgIpc) is 3.27. The topological polar surface area (TPSA) is 56.1 Å². The van der Waals surface area contributed by atoms with Crippen LogP contribution < -0.4 is 10.1 Å². The Balaban J connectivity index is 1.82. The molecule has 0 unspecified atom stereocenters. The predicted octanol–water partition coefficient (Wildman–Crippen LogP) is 5.08. The van der Waals surface area contributed by atoms with Crippen LogP contribution in [0.4, 0.5) is 0 Å². The number of nitrogens with zero attached hydrogens (tertiary/aromatic N) is 2. The number of ether oxygens (including phenoxy) is 1. The van der Waals surface area contributed by atoms with E-state index in [4.69, 9.17) is 33.7 Å². The Morgan fingerprint density at radius 2 is 2.07 bits per heavy atom. The molecule has 2 heterocycles. The van der Waals surface area contributed by atoms with E-state index in [2.05, 4.69) is 5.32 Å². The highest BCUT2D eigenvalue weighted by molar-refractivity contribution is 8.26. The molecule has 146 valence electrons. The van der Waals surface area contributed by atoms with Crippen LogP contribution in [0.1, 0.15) is 12.5 Å². The normalized spacial score (nSPS) is 15.0. The summed E-state index contributed by atoms with van der Waals surface area (Å²) in [5, 5.41) is 7.90. The molecule has 1 aliphatic rings. The number of aromatic nitrogens is 2. The first-order chi connectivity index (χ1) is 14.0. The lowest BCUT2D eigenvalue weighted by atomic mass is 10.1. The molecule has 0 radical (unpaired) electrons. The fourth-order valence-corrected chi connectivity index (χ4v) is 4.18. The maximum atomic E-state index is 12.1. The van der Waals surface area contributed by atoms with Crippen LogP contribution in [0.15, 0.2) is 59.6 Å². The highest BCUT2D eigenvalue weighted by Gasteiger charge is 2.23. The molecule has 0 aliphatic carbocycles. The lowest BCUT2D eigenvalue weighted by Gasteiger charge is -2.07. The van der Waals surface area contributed by atoms with E-state index in [0.29, 0.717) is 32.3 Å². The van der Waals surface area contributed by atoms with Gasteiger partial charge >= 0.3 is 0 Å². The van der Waals surface area contributed by atoms with Crippen molar-refractivity contribution >= 4 is 51.9 Å². The van der Waals surface area contributed by atoms with Gasteiger partial charge < -0.3 is 10.1 Å². The fourth-order valence-electron chi connectivity index (χ4n) is 2.91. The molecule has 2 aromatic carbocycles. The zero-order valence-electron chi connectivity index (χ0n) is 15.4. The molecule has 1 saturated heterocycles. The van der Waals surface area contributed by atoms with Crippen molar-refractivity contribution in [3.05, 3.63) is 70.2 Å². The zero-order chi connectivity index (χ0) is 20.4. The number of thiocarbonyl (C=S) groups is 1. The molecule has 1 N–H and O–H groups in total. The van der Waals surface area contributed by atoms with E-state index in [9.17, 15) is 4.79 Å². The molecule has 0 saturated carbocycles. The SMILES string of the molecule is CCOc1ccc(-c2nn(-c3ccccc3)cc2/C=C2\SC(=S)NC2=O)cc1Cl. The van der Waals surface area contributed by atoms with E-state index in [0.717, 1.165) is 16.8 Å². The van der Waals surface area contributed by atoms with Gasteiger partial charge in [0.25, 0.3) is 5.91 Å². The van der Waals surface area contributed by atoms with Crippen LogP contribution in [0, 0.1) is 0 Å². The van der Waals surface area contributed by atoms with Crippen molar-refractivity contribution in [3.8, 4) is 22.7 Å². The van der Waals surface area contributed by atoms with Gasteiger partial charge in [0.2, 0.25) is 0 Å². The fraction of sp³-hybridized carbons (Fsp3) is 0.0952. The number of thioether (sulfide) groups is 1. The first-order valence-corrected chi connectivity index (χ1v) is 10.5. The number of para-hydroxylation sites is 1. The van der Waals surface area contributed by atoms with Gasteiger partial charge in [0.05, 0.1) is 22.2 Å². The predicted molar refractivity (Wildman–Crippen MR) is 121 cm³/mol. The summed E-state index contributed by atoms with van der Waals surface area (Å²) in [5.74, 6) is 0.416. The molecule has 5 nitrogen and oxygen atoms in total. The highest BCUT2D eigenvalue weighted by Crippen LogP contribution is 2.34. The summed E-state index contributed by atoms with van der Waals surface area (Å²) in [4.78, 5) is 12.7. The third-order valence-electron chi connectivity index (χ3n) is 4.20. The molecular formula is C21H16ClN3O2S2. The first kappa shape index (κ1) is 19.7. The van der Waals surface area contributed by atoms with Gasteiger partial charge in [-0.2, -0.15) is 5.10 Å². The van der Waals surface area contributed by atoms with Gasteiger partial charge in [-0.05, 0) is 43.3 Å². The van der Waals surface area contributed by atoms with Gasteiger partial charge in [-0.1, -0.05) is 53.8 Å². The maximum Gasteiger partial charge on any atom is 0.263 e. The smallest absolute Gasteiger partial charge is 0.263 e. The number of rotatable bonds is 5. The number of carbonyl (C=O) groups excluding carboxylic acids is 1. The van der Waals surface area contributed by atoms with Crippen molar-refractivity contribution in [1.29, 1.82) is 0 Å². The second-order valence-electron chi connectivity index (χ2n) is 6.14. The monoisotopic (exact) mass is 441 g/mol. The molecule has 1 amide bonds. The van der Waals surface area contributed by atoms with E-state index in [1.54, 1.807) is 10.8 Å². The van der Waals surface area contributed by atoms with Crippen molar-refractivity contribution in [1.82, 2.24) is 15.1 Å². The van der Waals surface area contributed by atoms with Gasteiger partial charge in [-0.25, -0.2) is 4.68 Å². The van der Waals surface area contributed by atoms with E-state index < -0.39 is 0 Å². The number of hydrogen-bond acceptors (Lipinski definition) is 5. The largest absolute Gasteiger partial charge is 0.492 e. The molecule has 8 heteroatoms.